The van der Waals surface area contributed by atoms with Crippen molar-refractivity contribution in [1.82, 2.24) is 0 Å². The fourth-order valence-electron chi connectivity index (χ4n) is 3.78. The number of benzene rings is 1. The van der Waals surface area contributed by atoms with Crippen molar-refractivity contribution in [2.75, 3.05) is 11.4 Å². The van der Waals surface area contributed by atoms with Crippen LogP contribution in [0, 0.1) is 0 Å². The zero-order valence-electron chi connectivity index (χ0n) is 17.7. The second-order valence-corrected chi connectivity index (χ2v) is 7.71. The molecule has 0 radical (unpaired) electrons. The number of carbonyl (C=O) groups is 1. The molecule has 0 aromatic heterocycles. The maximum Gasteiger partial charge on any atom is 0.303 e. The molecule has 0 saturated heterocycles. The van der Waals surface area contributed by atoms with Crippen molar-refractivity contribution in [3.05, 3.63) is 30.3 Å². The lowest BCUT2D eigenvalue weighted by Crippen LogP contribution is -2.36. The molecule has 0 amide bonds. The molecule has 3 heteroatoms. The van der Waals surface area contributed by atoms with Gasteiger partial charge in [0.05, 0.1) is 0 Å². The van der Waals surface area contributed by atoms with E-state index in [2.05, 4.69) is 43.0 Å². The summed E-state index contributed by atoms with van der Waals surface area (Å²) >= 11 is 0. The van der Waals surface area contributed by atoms with Gasteiger partial charge in [-0.2, -0.15) is 0 Å². The van der Waals surface area contributed by atoms with Crippen LogP contribution in [0.15, 0.2) is 30.3 Å². The minimum atomic E-state index is -0.694. The van der Waals surface area contributed by atoms with Crippen molar-refractivity contribution in [3.8, 4) is 0 Å². The van der Waals surface area contributed by atoms with E-state index in [0.29, 0.717) is 6.04 Å². The molecule has 154 valence electrons. The van der Waals surface area contributed by atoms with Gasteiger partial charge in [0.25, 0.3) is 0 Å². The second kappa shape index (κ2) is 15.5. The number of nitrogens with zero attached hydrogens (tertiary/aromatic N) is 1. The number of carboxylic acids is 1. The first-order valence-corrected chi connectivity index (χ1v) is 11.2. The van der Waals surface area contributed by atoms with E-state index >= 15 is 0 Å². The lowest BCUT2D eigenvalue weighted by Gasteiger charge is -2.33. The molecule has 0 aliphatic carbocycles. The van der Waals surface area contributed by atoms with Gasteiger partial charge in [-0.3, -0.25) is 4.79 Å². The van der Waals surface area contributed by atoms with Gasteiger partial charge in [0, 0.05) is 24.7 Å². The third kappa shape index (κ3) is 11.0. The maximum atomic E-state index is 11.0. The molecule has 1 atom stereocenters. The Morgan fingerprint density at radius 1 is 0.889 bits per heavy atom. The molecule has 0 aliphatic rings. The van der Waals surface area contributed by atoms with E-state index in [1.807, 2.05) is 6.07 Å². The molecule has 0 spiro atoms. The Bertz CT molecular complexity index is 475. The van der Waals surface area contributed by atoms with Gasteiger partial charge in [0.1, 0.15) is 0 Å². The molecule has 0 heterocycles. The van der Waals surface area contributed by atoms with Crippen LogP contribution in [0.1, 0.15) is 97.3 Å². The Morgan fingerprint density at radius 2 is 1.44 bits per heavy atom. The Hall–Kier alpha value is -1.51. The normalized spacial score (nSPS) is 12.1. The van der Waals surface area contributed by atoms with E-state index in [4.69, 9.17) is 5.11 Å². The van der Waals surface area contributed by atoms with Crippen LogP contribution in [0.3, 0.4) is 0 Å². The van der Waals surface area contributed by atoms with Crippen LogP contribution in [0.25, 0.3) is 0 Å². The molecule has 1 aromatic carbocycles. The van der Waals surface area contributed by atoms with Crippen molar-refractivity contribution in [3.63, 3.8) is 0 Å². The van der Waals surface area contributed by atoms with Crippen molar-refractivity contribution >= 4 is 11.7 Å². The minimum absolute atomic E-state index is 0.250. The standard InChI is InChI=1S/C24H41NO2/c1-3-5-6-7-8-9-10-11-12-16-21-25(23-17-14-13-15-18-23)22(4-2)19-20-24(26)27/h13-15,17-18,22H,3-12,16,19-21H2,1-2H3,(H,26,27). The maximum absolute atomic E-state index is 11.0. The van der Waals surface area contributed by atoms with Gasteiger partial charge in [-0.1, -0.05) is 89.8 Å². The summed E-state index contributed by atoms with van der Waals surface area (Å²) in [5.74, 6) is -0.694. The summed E-state index contributed by atoms with van der Waals surface area (Å²) in [5, 5.41) is 9.06. The molecule has 1 aromatic rings. The molecule has 0 aliphatic heterocycles. The fourth-order valence-corrected chi connectivity index (χ4v) is 3.78. The number of aliphatic carboxylic acids is 1. The Kier molecular flexibility index (Phi) is 13.5. The Balaban J connectivity index is 2.36. The summed E-state index contributed by atoms with van der Waals surface area (Å²) in [5.41, 5.74) is 1.23. The average Bonchev–Trinajstić information content (AvgIpc) is 2.68. The third-order valence-electron chi connectivity index (χ3n) is 5.44. The minimum Gasteiger partial charge on any atom is -0.481 e. The number of rotatable bonds is 17. The predicted octanol–water partition coefficient (Wildman–Crippen LogP) is 7.06. The highest BCUT2D eigenvalue weighted by Crippen LogP contribution is 2.22. The van der Waals surface area contributed by atoms with Gasteiger partial charge >= 0.3 is 5.97 Å². The lowest BCUT2D eigenvalue weighted by atomic mass is 10.0. The fraction of sp³-hybridized carbons (Fsp3) is 0.708. The summed E-state index contributed by atoms with van der Waals surface area (Å²) in [4.78, 5) is 13.4. The first-order valence-electron chi connectivity index (χ1n) is 11.2. The summed E-state index contributed by atoms with van der Waals surface area (Å²) < 4.78 is 0. The van der Waals surface area contributed by atoms with Gasteiger partial charge in [0.15, 0.2) is 0 Å². The van der Waals surface area contributed by atoms with E-state index in [0.717, 1.165) is 19.4 Å². The SMILES string of the molecule is CCCCCCCCCCCCN(c1ccccc1)C(CC)CCC(=O)O. The van der Waals surface area contributed by atoms with Crippen LogP contribution in [0.4, 0.5) is 5.69 Å². The molecule has 1 rings (SSSR count). The van der Waals surface area contributed by atoms with Gasteiger partial charge in [-0.25, -0.2) is 0 Å². The topological polar surface area (TPSA) is 40.5 Å². The third-order valence-corrected chi connectivity index (χ3v) is 5.44. The molecule has 1 N–H and O–H groups in total. The quantitative estimate of drug-likeness (QED) is 0.296. The van der Waals surface area contributed by atoms with Crippen LogP contribution in [0.2, 0.25) is 0 Å². The van der Waals surface area contributed by atoms with Gasteiger partial charge in [-0.15, -0.1) is 0 Å². The smallest absolute Gasteiger partial charge is 0.303 e. The number of hydrogen-bond acceptors (Lipinski definition) is 2. The van der Waals surface area contributed by atoms with Gasteiger partial charge in [-0.05, 0) is 31.4 Å². The molecule has 3 nitrogen and oxygen atoms in total. The van der Waals surface area contributed by atoms with Crippen molar-refractivity contribution in [1.29, 1.82) is 0 Å². The molecule has 0 fully saturated rings. The van der Waals surface area contributed by atoms with Crippen molar-refractivity contribution in [2.45, 2.75) is 103 Å². The predicted molar refractivity (Wildman–Crippen MR) is 117 cm³/mol. The van der Waals surface area contributed by atoms with E-state index in [9.17, 15) is 4.79 Å². The second-order valence-electron chi connectivity index (χ2n) is 7.71. The number of para-hydroxylation sites is 1. The van der Waals surface area contributed by atoms with Crippen molar-refractivity contribution in [2.24, 2.45) is 0 Å². The molecular formula is C24H41NO2. The molecular weight excluding hydrogens is 334 g/mol. The van der Waals surface area contributed by atoms with Crippen molar-refractivity contribution < 1.29 is 9.90 Å². The lowest BCUT2D eigenvalue weighted by molar-refractivity contribution is -0.137. The first kappa shape index (κ1) is 23.5. The van der Waals surface area contributed by atoms with Crippen LogP contribution in [0.5, 0.6) is 0 Å². The van der Waals surface area contributed by atoms with Crippen LogP contribution in [-0.2, 0) is 4.79 Å². The monoisotopic (exact) mass is 375 g/mol. The highest BCUT2D eigenvalue weighted by Gasteiger charge is 2.18. The Labute approximate surface area is 167 Å². The molecule has 27 heavy (non-hydrogen) atoms. The zero-order valence-corrected chi connectivity index (χ0v) is 17.7. The van der Waals surface area contributed by atoms with E-state index in [1.54, 1.807) is 0 Å². The number of unbranched alkanes of at least 4 members (excludes halogenated alkanes) is 9. The largest absolute Gasteiger partial charge is 0.481 e. The zero-order chi connectivity index (χ0) is 19.7. The number of carboxylic acid groups (broad SMARTS) is 1. The molecule has 0 bridgehead atoms. The highest BCUT2D eigenvalue weighted by molar-refractivity contribution is 5.66. The summed E-state index contributed by atoms with van der Waals surface area (Å²) in [6, 6.07) is 10.8. The Morgan fingerprint density at radius 3 is 1.96 bits per heavy atom. The average molecular weight is 376 g/mol. The highest BCUT2D eigenvalue weighted by atomic mass is 16.4. The van der Waals surface area contributed by atoms with Crippen LogP contribution in [-0.4, -0.2) is 23.7 Å². The van der Waals surface area contributed by atoms with Crippen LogP contribution < -0.4 is 4.90 Å². The van der Waals surface area contributed by atoms with E-state index in [1.165, 1.54) is 69.9 Å². The van der Waals surface area contributed by atoms with E-state index < -0.39 is 5.97 Å². The molecule has 0 saturated carbocycles. The summed E-state index contributed by atoms with van der Waals surface area (Å²) in [6.07, 6.45) is 15.4. The van der Waals surface area contributed by atoms with Gasteiger partial charge in [0.2, 0.25) is 0 Å². The van der Waals surface area contributed by atoms with Crippen LogP contribution >= 0.6 is 0 Å². The number of anilines is 1. The van der Waals surface area contributed by atoms with Gasteiger partial charge < -0.3 is 10.0 Å². The summed E-state index contributed by atoms with van der Waals surface area (Å²) in [7, 11) is 0. The first-order chi connectivity index (χ1) is 13.2. The molecule has 1 unspecified atom stereocenters. The van der Waals surface area contributed by atoms with E-state index in [-0.39, 0.29) is 6.42 Å². The number of hydrogen-bond donors (Lipinski definition) is 1. The summed E-state index contributed by atoms with van der Waals surface area (Å²) in [6.45, 7) is 5.46.